The highest BCUT2D eigenvalue weighted by molar-refractivity contribution is 5.21. The molecule has 0 amide bonds. The summed E-state index contributed by atoms with van der Waals surface area (Å²) >= 11 is 0. The van der Waals surface area contributed by atoms with Crippen molar-refractivity contribution >= 4 is 0 Å². The summed E-state index contributed by atoms with van der Waals surface area (Å²) < 4.78 is 15.2. The molecule has 2 aromatic rings. The van der Waals surface area contributed by atoms with Crippen LogP contribution in [0.25, 0.3) is 0 Å². The second kappa shape index (κ2) is 6.66. The number of hydrogen-bond donors (Lipinski definition) is 1. The fourth-order valence-electron chi connectivity index (χ4n) is 2.27. The van der Waals surface area contributed by atoms with Crippen molar-refractivity contribution in [1.29, 1.82) is 0 Å². The van der Waals surface area contributed by atoms with Gasteiger partial charge in [0, 0.05) is 23.8 Å². The minimum absolute atomic E-state index is 0.200. The van der Waals surface area contributed by atoms with Crippen molar-refractivity contribution in [3.05, 3.63) is 53.1 Å². The van der Waals surface area contributed by atoms with Crippen LogP contribution < -0.4 is 5.32 Å². The summed E-state index contributed by atoms with van der Waals surface area (Å²) in [7, 11) is 0. The molecule has 0 aliphatic carbocycles. The van der Waals surface area contributed by atoms with Crippen molar-refractivity contribution < 1.29 is 4.39 Å². The maximum absolute atomic E-state index is 13.2. The number of benzene rings is 1. The summed E-state index contributed by atoms with van der Waals surface area (Å²) in [6.45, 7) is 7.82. The predicted molar refractivity (Wildman–Crippen MR) is 79.1 cm³/mol. The highest BCUT2D eigenvalue weighted by atomic mass is 19.1. The maximum Gasteiger partial charge on any atom is 0.123 e. The monoisotopic (exact) mass is 275 g/mol. The molecular formula is C16H22FN3. The third kappa shape index (κ3) is 3.67. The van der Waals surface area contributed by atoms with Crippen molar-refractivity contribution in [3.63, 3.8) is 0 Å². The average molecular weight is 275 g/mol. The summed E-state index contributed by atoms with van der Waals surface area (Å²) in [5.41, 5.74) is 3.37. The van der Waals surface area contributed by atoms with Crippen molar-refractivity contribution in [2.45, 2.75) is 46.3 Å². The first-order chi connectivity index (χ1) is 9.60. The van der Waals surface area contributed by atoms with Gasteiger partial charge in [0.1, 0.15) is 5.82 Å². The molecule has 0 radical (unpaired) electrons. The Bertz CT molecular complexity index is 561. The standard InChI is InChI=1S/C16H22FN3/c1-4-16-14(9-18-12(2)3)10-19-20(16)11-13-6-5-7-15(17)8-13/h5-8,10,12,18H,4,9,11H2,1-3H3. The number of halogens is 1. The second-order valence-corrected chi connectivity index (χ2v) is 5.29. The molecule has 4 heteroatoms. The van der Waals surface area contributed by atoms with Crippen molar-refractivity contribution in [2.24, 2.45) is 0 Å². The molecule has 1 heterocycles. The molecule has 2 rings (SSSR count). The van der Waals surface area contributed by atoms with E-state index in [0.717, 1.165) is 18.5 Å². The van der Waals surface area contributed by atoms with Crippen LogP contribution in [-0.4, -0.2) is 15.8 Å². The molecule has 0 atom stereocenters. The molecule has 0 bridgehead atoms. The van der Waals surface area contributed by atoms with Gasteiger partial charge >= 0.3 is 0 Å². The van der Waals surface area contributed by atoms with E-state index in [-0.39, 0.29) is 5.82 Å². The van der Waals surface area contributed by atoms with Gasteiger partial charge in [-0.05, 0) is 24.1 Å². The molecule has 1 N–H and O–H groups in total. The highest BCUT2D eigenvalue weighted by Crippen LogP contribution is 2.13. The highest BCUT2D eigenvalue weighted by Gasteiger charge is 2.10. The molecule has 3 nitrogen and oxygen atoms in total. The predicted octanol–water partition coefficient (Wildman–Crippen LogP) is 3.13. The fourth-order valence-corrected chi connectivity index (χ4v) is 2.27. The minimum Gasteiger partial charge on any atom is -0.310 e. The van der Waals surface area contributed by atoms with Gasteiger partial charge in [0.05, 0.1) is 12.7 Å². The molecule has 1 aromatic carbocycles. The Morgan fingerprint density at radius 3 is 2.80 bits per heavy atom. The third-order valence-electron chi connectivity index (χ3n) is 3.29. The zero-order chi connectivity index (χ0) is 14.5. The molecular weight excluding hydrogens is 253 g/mol. The zero-order valence-electron chi connectivity index (χ0n) is 12.4. The Balaban J connectivity index is 2.16. The minimum atomic E-state index is -0.200. The maximum atomic E-state index is 13.2. The van der Waals surface area contributed by atoms with E-state index >= 15 is 0 Å². The molecule has 1 aromatic heterocycles. The van der Waals surface area contributed by atoms with E-state index in [1.165, 1.54) is 17.3 Å². The molecule has 0 saturated heterocycles. The fraction of sp³-hybridized carbons (Fsp3) is 0.438. The Labute approximate surface area is 119 Å². The van der Waals surface area contributed by atoms with E-state index in [4.69, 9.17) is 0 Å². The summed E-state index contributed by atoms with van der Waals surface area (Å²) in [6.07, 6.45) is 2.83. The lowest BCUT2D eigenvalue weighted by Crippen LogP contribution is -2.22. The topological polar surface area (TPSA) is 29.9 Å². The molecule has 0 aliphatic rings. The first-order valence-electron chi connectivity index (χ1n) is 7.11. The average Bonchev–Trinajstić information content (AvgIpc) is 2.78. The van der Waals surface area contributed by atoms with E-state index in [1.54, 1.807) is 12.1 Å². The van der Waals surface area contributed by atoms with Gasteiger partial charge in [0.25, 0.3) is 0 Å². The molecule has 0 unspecified atom stereocenters. The van der Waals surface area contributed by atoms with E-state index in [9.17, 15) is 4.39 Å². The van der Waals surface area contributed by atoms with E-state index in [0.29, 0.717) is 12.6 Å². The van der Waals surface area contributed by atoms with Gasteiger partial charge in [-0.3, -0.25) is 4.68 Å². The van der Waals surface area contributed by atoms with Gasteiger partial charge in [0.2, 0.25) is 0 Å². The van der Waals surface area contributed by atoms with Gasteiger partial charge < -0.3 is 5.32 Å². The molecule has 0 saturated carbocycles. The van der Waals surface area contributed by atoms with Gasteiger partial charge in [-0.2, -0.15) is 5.10 Å². The van der Waals surface area contributed by atoms with Gasteiger partial charge in [-0.25, -0.2) is 4.39 Å². The Kier molecular flexibility index (Phi) is 4.90. The number of nitrogens with one attached hydrogen (secondary N) is 1. The van der Waals surface area contributed by atoms with Crippen LogP contribution in [0.1, 0.15) is 37.6 Å². The Morgan fingerprint density at radius 1 is 1.35 bits per heavy atom. The van der Waals surface area contributed by atoms with Gasteiger partial charge in [-0.1, -0.05) is 32.9 Å². The van der Waals surface area contributed by atoms with Crippen LogP contribution in [0.3, 0.4) is 0 Å². The summed E-state index contributed by atoms with van der Waals surface area (Å²) in [5, 5.41) is 7.85. The number of aromatic nitrogens is 2. The van der Waals surface area contributed by atoms with E-state index in [2.05, 4.69) is 31.2 Å². The smallest absolute Gasteiger partial charge is 0.123 e. The van der Waals surface area contributed by atoms with Gasteiger partial charge in [0.15, 0.2) is 0 Å². The SMILES string of the molecule is CCc1c(CNC(C)C)cnn1Cc1cccc(F)c1. The first kappa shape index (κ1) is 14.7. The Hall–Kier alpha value is -1.68. The zero-order valence-corrected chi connectivity index (χ0v) is 12.4. The van der Waals surface area contributed by atoms with Gasteiger partial charge in [-0.15, -0.1) is 0 Å². The number of nitrogens with zero attached hydrogens (tertiary/aromatic N) is 2. The van der Waals surface area contributed by atoms with Crippen molar-refractivity contribution in [2.75, 3.05) is 0 Å². The van der Waals surface area contributed by atoms with E-state index < -0.39 is 0 Å². The summed E-state index contributed by atoms with van der Waals surface area (Å²) in [4.78, 5) is 0. The molecule has 20 heavy (non-hydrogen) atoms. The number of hydrogen-bond acceptors (Lipinski definition) is 2. The van der Waals surface area contributed by atoms with Crippen LogP contribution >= 0.6 is 0 Å². The van der Waals surface area contributed by atoms with Crippen LogP contribution in [0.4, 0.5) is 4.39 Å². The largest absolute Gasteiger partial charge is 0.310 e. The molecule has 0 aliphatic heterocycles. The normalized spacial score (nSPS) is 11.2. The van der Waals surface area contributed by atoms with Crippen LogP contribution in [0.15, 0.2) is 30.5 Å². The van der Waals surface area contributed by atoms with Crippen LogP contribution in [0, 0.1) is 5.82 Å². The molecule has 0 spiro atoms. The lowest BCUT2D eigenvalue weighted by Gasteiger charge is -2.10. The molecule has 0 fully saturated rings. The van der Waals surface area contributed by atoms with Crippen LogP contribution in [0.5, 0.6) is 0 Å². The molecule has 108 valence electrons. The lowest BCUT2D eigenvalue weighted by atomic mass is 10.1. The lowest BCUT2D eigenvalue weighted by molar-refractivity contribution is 0.582. The summed E-state index contributed by atoms with van der Waals surface area (Å²) in [5.74, 6) is -0.200. The van der Waals surface area contributed by atoms with E-state index in [1.807, 2.05) is 16.9 Å². The third-order valence-corrected chi connectivity index (χ3v) is 3.29. The van der Waals surface area contributed by atoms with Crippen LogP contribution in [0.2, 0.25) is 0 Å². The van der Waals surface area contributed by atoms with Crippen LogP contribution in [-0.2, 0) is 19.5 Å². The summed E-state index contributed by atoms with van der Waals surface area (Å²) in [6, 6.07) is 7.14. The Morgan fingerprint density at radius 2 is 2.15 bits per heavy atom. The second-order valence-electron chi connectivity index (χ2n) is 5.29. The first-order valence-corrected chi connectivity index (χ1v) is 7.11. The number of rotatable bonds is 6. The van der Waals surface area contributed by atoms with Crippen molar-refractivity contribution in [3.8, 4) is 0 Å². The van der Waals surface area contributed by atoms with Crippen molar-refractivity contribution in [1.82, 2.24) is 15.1 Å². The quantitative estimate of drug-likeness (QED) is 0.877.